The molecule has 3 N–H and O–H groups in total. The topological polar surface area (TPSA) is 111 Å². The molecule has 0 radical (unpaired) electrons. The van der Waals surface area contributed by atoms with Crippen LogP contribution in [0.15, 0.2) is 41.7 Å². The molecule has 0 saturated carbocycles. The first-order chi connectivity index (χ1) is 10.6. The Labute approximate surface area is 127 Å². The zero-order valence-electron chi connectivity index (χ0n) is 12.3. The van der Waals surface area contributed by atoms with Gasteiger partial charge in [-0.1, -0.05) is 19.1 Å². The van der Waals surface area contributed by atoms with Gasteiger partial charge in [0.25, 0.3) is 0 Å². The zero-order chi connectivity index (χ0) is 15.9. The van der Waals surface area contributed by atoms with Crippen LogP contribution in [0.1, 0.15) is 12.5 Å². The zero-order valence-corrected chi connectivity index (χ0v) is 12.3. The Balaban J connectivity index is 1.87. The molecule has 1 aromatic heterocycles. The van der Waals surface area contributed by atoms with E-state index in [0.717, 1.165) is 12.1 Å². The van der Waals surface area contributed by atoms with Crippen molar-refractivity contribution < 1.29 is 4.92 Å². The van der Waals surface area contributed by atoms with Crippen LogP contribution in [0.5, 0.6) is 0 Å². The molecule has 2 rings (SSSR count). The lowest BCUT2D eigenvalue weighted by atomic mass is 10.1. The van der Waals surface area contributed by atoms with E-state index < -0.39 is 4.92 Å². The van der Waals surface area contributed by atoms with Gasteiger partial charge < -0.3 is 11.1 Å². The maximum Gasteiger partial charge on any atom is 0.306 e. The third kappa shape index (κ3) is 4.30. The van der Waals surface area contributed by atoms with Crippen molar-refractivity contribution in [3.05, 3.63) is 52.3 Å². The van der Waals surface area contributed by atoms with E-state index in [0.29, 0.717) is 19.0 Å². The Morgan fingerprint density at radius 3 is 3.05 bits per heavy atom. The molecule has 0 bridgehead atoms. The summed E-state index contributed by atoms with van der Waals surface area (Å²) in [6.07, 6.45) is 3.52. The number of nitrogens with two attached hydrogens (primary N) is 1. The molecule has 8 heteroatoms. The number of rotatable bonds is 6. The quantitative estimate of drug-likeness (QED) is 0.365. The number of anilines is 1. The van der Waals surface area contributed by atoms with Crippen LogP contribution in [-0.4, -0.2) is 27.2 Å². The molecule has 2 aromatic rings. The van der Waals surface area contributed by atoms with Crippen molar-refractivity contribution >= 4 is 17.3 Å². The molecule has 8 nitrogen and oxygen atoms in total. The lowest BCUT2D eigenvalue weighted by Crippen LogP contribution is -2.23. The summed E-state index contributed by atoms with van der Waals surface area (Å²) in [5.74, 6) is 0.301. The van der Waals surface area contributed by atoms with Gasteiger partial charge in [0.2, 0.25) is 0 Å². The van der Waals surface area contributed by atoms with Crippen LogP contribution in [0, 0.1) is 10.1 Å². The van der Waals surface area contributed by atoms with Crippen LogP contribution < -0.4 is 11.1 Å². The summed E-state index contributed by atoms with van der Waals surface area (Å²) in [7, 11) is 0. The summed E-state index contributed by atoms with van der Waals surface area (Å²) in [6.45, 7) is 2.89. The van der Waals surface area contributed by atoms with E-state index in [4.69, 9.17) is 5.73 Å². The summed E-state index contributed by atoms with van der Waals surface area (Å²) in [5, 5.41) is 17.4. The molecule has 22 heavy (non-hydrogen) atoms. The maximum atomic E-state index is 10.5. The van der Waals surface area contributed by atoms with Gasteiger partial charge >= 0.3 is 5.69 Å². The number of benzene rings is 1. The molecule has 0 aliphatic heterocycles. The maximum absolute atomic E-state index is 10.5. The number of aliphatic imine (C=N–C) groups is 1. The molecule has 0 aliphatic rings. The fraction of sp³-hybridized carbons (Fsp3) is 0.286. The Morgan fingerprint density at radius 2 is 2.36 bits per heavy atom. The molecule has 1 heterocycles. The Hall–Kier alpha value is -2.90. The first-order valence-electron chi connectivity index (χ1n) is 6.91. The molecule has 0 unspecified atom stereocenters. The van der Waals surface area contributed by atoms with Gasteiger partial charge in [0.1, 0.15) is 12.4 Å². The highest BCUT2D eigenvalue weighted by atomic mass is 16.6. The fourth-order valence-corrected chi connectivity index (χ4v) is 1.90. The van der Waals surface area contributed by atoms with E-state index in [1.807, 2.05) is 24.3 Å². The summed E-state index contributed by atoms with van der Waals surface area (Å²) >= 11 is 0. The highest BCUT2D eigenvalue weighted by Crippen LogP contribution is 2.10. The van der Waals surface area contributed by atoms with Crippen molar-refractivity contribution in [2.24, 2.45) is 10.7 Å². The molecule has 0 amide bonds. The average molecular weight is 302 g/mol. The monoisotopic (exact) mass is 302 g/mol. The number of nitrogens with one attached hydrogen (secondary N) is 1. The normalized spacial score (nSPS) is 11.4. The standard InChI is InChI=1S/C14H18N6O2/c1-2-11-4-3-5-12(8-11)18-14(15)16-6-7-19-10-13(9-17-19)20(21)22/h3-5,8-10H,2,6-7H2,1H3,(H3,15,16,18). The third-order valence-electron chi connectivity index (χ3n) is 3.05. The number of nitrogens with zero attached hydrogens (tertiary/aromatic N) is 4. The molecule has 0 fully saturated rings. The van der Waals surface area contributed by atoms with E-state index in [-0.39, 0.29) is 5.69 Å². The fourth-order valence-electron chi connectivity index (χ4n) is 1.90. The molecule has 0 spiro atoms. The first kappa shape index (κ1) is 15.5. The second kappa shape index (κ2) is 7.21. The van der Waals surface area contributed by atoms with Crippen molar-refractivity contribution in [2.45, 2.75) is 19.9 Å². The van der Waals surface area contributed by atoms with Gasteiger partial charge in [0.05, 0.1) is 18.0 Å². The minimum absolute atomic E-state index is 0.0357. The molecular formula is C14H18N6O2. The van der Waals surface area contributed by atoms with Crippen LogP contribution in [-0.2, 0) is 13.0 Å². The second-order valence-corrected chi connectivity index (χ2v) is 4.66. The highest BCUT2D eigenvalue weighted by molar-refractivity contribution is 5.92. The lowest BCUT2D eigenvalue weighted by Gasteiger charge is -2.07. The van der Waals surface area contributed by atoms with Crippen molar-refractivity contribution in [3.63, 3.8) is 0 Å². The van der Waals surface area contributed by atoms with Crippen LogP contribution in [0.2, 0.25) is 0 Å². The average Bonchev–Trinajstić information content (AvgIpc) is 2.96. The minimum Gasteiger partial charge on any atom is -0.370 e. The van der Waals surface area contributed by atoms with E-state index in [1.54, 1.807) is 0 Å². The van der Waals surface area contributed by atoms with Crippen LogP contribution in [0.3, 0.4) is 0 Å². The van der Waals surface area contributed by atoms with Crippen LogP contribution >= 0.6 is 0 Å². The SMILES string of the molecule is CCc1cccc(NC(N)=NCCn2cc([N+](=O)[O-])cn2)c1. The van der Waals surface area contributed by atoms with Crippen LogP contribution in [0.4, 0.5) is 11.4 Å². The van der Waals surface area contributed by atoms with Gasteiger partial charge in [-0.25, -0.2) is 0 Å². The summed E-state index contributed by atoms with van der Waals surface area (Å²) in [5.41, 5.74) is 7.87. The number of guanidine groups is 1. The van der Waals surface area contributed by atoms with E-state index in [9.17, 15) is 10.1 Å². The molecule has 1 aromatic carbocycles. The van der Waals surface area contributed by atoms with Crippen molar-refractivity contribution in [1.82, 2.24) is 9.78 Å². The predicted octanol–water partition coefficient (Wildman–Crippen LogP) is 1.78. The Morgan fingerprint density at radius 1 is 1.55 bits per heavy atom. The second-order valence-electron chi connectivity index (χ2n) is 4.66. The number of nitro groups is 1. The van der Waals surface area contributed by atoms with Gasteiger partial charge in [-0.2, -0.15) is 5.10 Å². The van der Waals surface area contributed by atoms with Gasteiger partial charge in [-0.3, -0.25) is 19.8 Å². The molecule has 0 aliphatic carbocycles. The smallest absolute Gasteiger partial charge is 0.306 e. The van der Waals surface area contributed by atoms with Gasteiger partial charge in [0, 0.05) is 5.69 Å². The highest BCUT2D eigenvalue weighted by Gasteiger charge is 2.07. The Bertz CT molecular complexity index is 679. The molecule has 0 atom stereocenters. The van der Waals surface area contributed by atoms with E-state index in [1.165, 1.54) is 22.6 Å². The molecular weight excluding hydrogens is 284 g/mol. The van der Waals surface area contributed by atoms with E-state index >= 15 is 0 Å². The summed E-state index contributed by atoms with van der Waals surface area (Å²) in [6, 6.07) is 7.93. The Kier molecular flexibility index (Phi) is 5.07. The van der Waals surface area contributed by atoms with Crippen LogP contribution in [0.25, 0.3) is 0 Å². The van der Waals surface area contributed by atoms with Crippen molar-refractivity contribution in [3.8, 4) is 0 Å². The largest absolute Gasteiger partial charge is 0.370 e. The summed E-state index contributed by atoms with van der Waals surface area (Å²) in [4.78, 5) is 14.2. The van der Waals surface area contributed by atoms with Crippen molar-refractivity contribution in [2.75, 3.05) is 11.9 Å². The number of hydrogen-bond donors (Lipinski definition) is 2. The third-order valence-corrected chi connectivity index (χ3v) is 3.05. The minimum atomic E-state index is -0.483. The first-order valence-corrected chi connectivity index (χ1v) is 6.91. The number of aryl methyl sites for hydroxylation is 1. The van der Waals surface area contributed by atoms with Gasteiger partial charge in [-0.15, -0.1) is 0 Å². The summed E-state index contributed by atoms with van der Waals surface area (Å²) < 4.78 is 1.46. The number of hydrogen-bond acceptors (Lipinski definition) is 4. The predicted molar refractivity (Wildman–Crippen MR) is 84.8 cm³/mol. The molecule has 116 valence electrons. The lowest BCUT2D eigenvalue weighted by molar-refractivity contribution is -0.385. The van der Waals surface area contributed by atoms with Gasteiger partial charge in [-0.05, 0) is 24.1 Å². The van der Waals surface area contributed by atoms with E-state index in [2.05, 4.69) is 22.3 Å². The van der Waals surface area contributed by atoms with Gasteiger partial charge in [0.15, 0.2) is 5.96 Å². The molecule has 0 saturated heterocycles. The number of aromatic nitrogens is 2. The van der Waals surface area contributed by atoms with Crippen molar-refractivity contribution in [1.29, 1.82) is 0 Å².